The number of carbonyl (C=O) groups is 2. The molecule has 0 unspecified atom stereocenters. The summed E-state index contributed by atoms with van der Waals surface area (Å²) in [5, 5.41) is 2.56. The SMILES string of the molecule is C[C@@H]1C[C@H](C(=O)N[C@@H](c2cc(F)c(C(F)(F)F)cc2F)C2CC2)N(C(=O)c2cccc(C(F)(F)F)c2)C1. The minimum atomic E-state index is -5.11. The predicted molar refractivity (Wildman–Crippen MR) is 115 cm³/mol. The van der Waals surface area contributed by atoms with Gasteiger partial charge in [-0.15, -0.1) is 0 Å². The first-order valence-electron chi connectivity index (χ1n) is 11.5. The summed E-state index contributed by atoms with van der Waals surface area (Å²) in [4.78, 5) is 27.4. The average molecular weight is 534 g/mol. The van der Waals surface area contributed by atoms with Gasteiger partial charge in [-0.25, -0.2) is 8.78 Å². The van der Waals surface area contributed by atoms with E-state index in [9.17, 15) is 44.7 Å². The smallest absolute Gasteiger partial charge is 0.347 e. The number of nitrogens with zero attached hydrogens (tertiary/aromatic N) is 1. The van der Waals surface area contributed by atoms with Crippen LogP contribution in [-0.4, -0.2) is 29.3 Å². The molecule has 1 heterocycles. The molecule has 0 spiro atoms. The van der Waals surface area contributed by atoms with Crippen LogP contribution in [0.15, 0.2) is 36.4 Å². The van der Waals surface area contributed by atoms with Crippen molar-refractivity contribution in [2.45, 2.75) is 50.6 Å². The van der Waals surface area contributed by atoms with Crippen LogP contribution in [0.4, 0.5) is 35.1 Å². The van der Waals surface area contributed by atoms with Gasteiger partial charge >= 0.3 is 12.4 Å². The molecule has 200 valence electrons. The third kappa shape index (κ3) is 5.72. The van der Waals surface area contributed by atoms with Gasteiger partial charge in [0, 0.05) is 17.7 Å². The summed E-state index contributed by atoms with van der Waals surface area (Å²) in [6.45, 7) is 1.81. The fourth-order valence-electron chi connectivity index (χ4n) is 4.66. The zero-order valence-corrected chi connectivity index (χ0v) is 19.4. The molecule has 0 aromatic heterocycles. The van der Waals surface area contributed by atoms with E-state index in [-0.39, 0.29) is 36.4 Å². The Morgan fingerprint density at radius 3 is 2.24 bits per heavy atom. The fourth-order valence-corrected chi connectivity index (χ4v) is 4.66. The molecule has 4 rings (SSSR count). The first-order valence-corrected chi connectivity index (χ1v) is 11.5. The fraction of sp³-hybridized carbons (Fsp3) is 0.440. The summed E-state index contributed by atoms with van der Waals surface area (Å²) in [5.74, 6) is -5.10. The molecule has 1 N–H and O–H groups in total. The Labute approximate surface area is 206 Å². The van der Waals surface area contributed by atoms with Crippen LogP contribution in [0.25, 0.3) is 0 Å². The van der Waals surface area contributed by atoms with Crippen molar-refractivity contribution in [2.24, 2.45) is 11.8 Å². The van der Waals surface area contributed by atoms with Crippen molar-refractivity contribution >= 4 is 11.8 Å². The van der Waals surface area contributed by atoms with Gasteiger partial charge in [-0.1, -0.05) is 13.0 Å². The molecule has 1 aliphatic heterocycles. The van der Waals surface area contributed by atoms with Crippen molar-refractivity contribution in [1.82, 2.24) is 10.2 Å². The Kier molecular flexibility index (Phi) is 6.98. The van der Waals surface area contributed by atoms with Crippen molar-refractivity contribution in [3.8, 4) is 0 Å². The third-order valence-electron chi connectivity index (χ3n) is 6.63. The number of hydrogen-bond acceptors (Lipinski definition) is 2. The van der Waals surface area contributed by atoms with E-state index in [1.807, 2.05) is 0 Å². The van der Waals surface area contributed by atoms with Crippen molar-refractivity contribution in [3.63, 3.8) is 0 Å². The standard InChI is InChI=1S/C25H22F8N2O2/c1-12-7-20(35(11-12)23(37)14-3-2-4-15(8-14)24(28,29)30)22(36)34-21(13-5-6-13)16-9-19(27)17(10-18(16)26)25(31,32)33/h2-4,8-10,12-13,20-21H,5-7,11H2,1H3,(H,34,36)/t12-,20-,21-/m1/s1. The summed E-state index contributed by atoms with van der Waals surface area (Å²) >= 11 is 0. The summed E-state index contributed by atoms with van der Waals surface area (Å²) in [6.07, 6.45) is -8.59. The lowest BCUT2D eigenvalue weighted by molar-refractivity contribution is -0.140. The highest BCUT2D eigenvalue weighted by Crippen LogP contribution is 2.43. The van der Waals surface area contributed by atoms with Crippen LogP contribution in [0.5, 0.6) is 0 Å². The number of rotatable bonds is 5. The van der Waals surface area contributed by atoms with Crippen molar-refractivity contribution in [3.05, 3.63) is 70.3 Å². The first kappa shape index (κ1) is 26.9. The van der Waals surface area contributed by atoms with Gasteiger partial charge < -0.3 is 10.2 Å². The molecule has 2 aromatic carbocycles. The van der Waals surface area contributed by atoms with Gasteiger partial charge in [-0.2, -0.15) is 26.3 Å². The van der Waals surface area contributed by atoms with E-state index in [4.69, 9.17) is 0 Å². The van der Waals surface area contributed by atoms with E-state index in [0.29, 0.717) is 25.0 Å². The number of benzene rings is 2. The number of alkyl halides is 6. The predicted octanol–water partition coefficient (Wildman–Crippen LogP) is 6.12. The van der Waals surface area contributed by atoms with Gasteiger partial charge in [0.25, 0.3) is 5.91 Å². The topological polar surface area (TPSA) is 49.4 Å². The van der Waals surface area contributed by atoms with E-state index in [2.05, 4.69) is 5.32 Å². The highest BCUT2D eigenvalue weighted by atomic mass is 19.4. The summed E-state index contributed by atoms with van der Waals surface area (Å²) < 4.78 is 107. The normalized spacial score (nSPS) is 21.2. The van der Waals surface area contributed by atoms with Gasteiger partial charge in [-0.3, -0.25) is 9.59 Å². The summed E-state index contributed by atoms with van der Waals surface area (Å²) in [7, 11) is 0. The molecule has 1 saturated carbocycles. The van der Waals surface area contributed by atoms with Gasteiger partial charge in [0.2, 0.25) is 5.91 Å². The van der Waals surface area contributed by atoms with Gasteiger partial charge in [0.1, 0.15) is 17.7 Å². The molecule has 0 radical (unpaired) electrons. The van der Waals surface area contributed by atoms with E-state index in [0.717, 1.165) is 17.0 Å². The quantitative estimate of drug-likeness (QED) is 0.470. The molecule has 2 amide bonds. The number of amides is 2. The Morgan fingerprint density at radius 1 is 0.973 bits per heavy atom. The van der Waals surface area contributed by atoms with Crippen LogP contribution in [0.1, 0.15) is 59.3 Å². The maximum Gasteiger partial charge on any atom is 0.419 e. The van der Waals surface area contributed by atoms with E-state index >= 15 is 0 Å². The zero-order valence-electron chi connectivity index (χ0n) is 19.4. The summed E-state index contributed by atoms with van der Waals surface area (Å²) in [5.41, 5.74) is -3.50. The van der Waals surface area contributed by atoms with Gasteiger partial charge in [-0.05, 0) is 61.4 Å². The molecule has 1 saturated heterocycles. The van der Waals surface area contributed by atoms with E-state index in [1.165, 1.54) is 6.07 Å². The second-order valence-corrected chi connectivity index (χ2v) is 9.57. The number of hydrogen-bond donors (Lipinski definition) is 1. The lowest BCUT2D eigenvalue weighted by atomic mass is 9.98. The minimum Gasteiger partial charge on any atom is -0.347 e. The molecule has 2 aliphatic rings. The Bertz CT molecular complexity index is 1210. The van der Waals surface area contributed by atoms with Crippen LogP contribution in [0.2, 0.25) is 0 Å². The van der Waals surface area contributed by atoms with Crippen LogP contribution < -0.4 is 5.32 Å². The monoisotopic (exact) mass is 534 g/mol. The van der Waals surface area contributed by atoms with Gasteiger partial charge in [0.15, 0.2) is 0 Å². The largest absolute Gasteiger partial charge is 0.419 e. The Balaban J connectivity index is 1.58. The number of carbonyl (C=O) groups excluding carboxylic acids is 2. The summed E-state index contributed by atoms with van der Waals surface area (Å²) in [6, 6.07) is 2.00. The van der Waals surface area contributed by atoms with E-state index < -0.39 is 64.6 Å². The van der Waals surface area contributed by atoms with Crippen molar-refractivity contribution in [2.75, 3.05) is 6.54 Å². The first-order chi connectivity index (χ1) is 17.2. The molecule has 37 heavy (non-hydrogen) atoms. The van der Waals surface area contributed by atoms with Gasteiger partial charge in [0.05, 0.1) is 17.2 Å². The molecule has 2 fully saturated rings. The Hall–Kier alpha value is -3.18. The third-order valence-corrected chi connectivity index (χ3v) is 6.63. The zero-order chi connectivity index (χ0) is 27.3. The highest BCUT2D eigenvalue weighted by Gasteiger charge is 2.43. The lowest BCUT2D eigenvalue weighted by Crippen LogP contribution is -2.47. The molecule has 3 atom stereocenters. The van der Waals surface area contributed by atoms with Crippen molar-refractivity contribution in [1.29, 1.82) is 0 Å². The molecular formula is C25H22F8N2O2. The lowest BCUT2D eigenvalue weighted by Gasteiger charge is -2.27. The second-order valence-electron chi connectivity index (χ2n) is 9.57. The van der Waals surface area contributed by atoms with E-state index in [1.54, 1.807) is 6.92 Å². The molecule has 1 aliphatic carbocycles. The molecule has 0 bridgehead atoms. The number of likely N-dealkylation sites (tertiary alicyclic amines) is 1. The minimum absolute atomic E-state index is 0.0489. The van der Waals surface area contributed by atoms with Crippen LogP contribution >= 0.6 is 0 Å². The molecule has 12 heteroatoms. The van der Waals surface area contributed by atoms with Crippen molar-refractivity contribution < 1.29 is 44.7 Å². The maximum absolute atomic E-state index is 14.7. The second kappa shape index (κ2) is 9.60. The molecule has 2 aromatic rings. The highest BCUT2D eigenvalue weighted by molar-refractivity contribution is 5.98. The van der Waals surface area contributed by atoms with Crippen LogP contribution in [0, 0.1) is 23.5 Å². The number of halogens is 8. The van der Waals surface area contributed by atoms with Crippen LogP contribution in [0.3, 0.4) is 0 Å². The van der Waals surface area contributed by atoms with Crippen LogP contribution in [-0.2, 0) is 17.1 Å². The Morgan fingerprint density at radius 2 is 1.65 bits per heavy atom. The molecule has 4 nitrogen and oxygen atoms in total. The average Bonchev–Trinajstić information content (AvgIpc) is 3.57. The number of nitrogens with one attached hydrogen (secondary N) is 1. The maximum atomic E-state index is 14.7. The molecular weight excluding hydrogens is 512 g/mol.